The molecule has 0 bridgehead atoms. The van der Waals surface area contributed by atoms with Crippen molar-refractivity contribution in [3.8, 4) is 0 Å². The van der Waals surface area contributed by atoms with Gasteiger partial charge in [-0.3, -0.25) is 4.72 Å². The highest BCUT2D eigenvalue weighted by molar-refractivity contribution is 7.97. The molecular weight excluding hydrogens is 242 g/mol. The van der Waals surface area contributed by atoms with Crippen molar-refractivity contribution >= 4 is 11.9 Å². The van der Waals surface area contributed by atoms with Crippen LogP contribution in [-0.2, 0) is 0 Å². The second kappa shape index (κ2) is 5.33. The van der Waals surface area contributed by atoms with E-state index in [1.165, 1.54) is 17.5 Å². The molecule has 1 atom stereocenters. The van der Waals surface area contributed by atoms with E-state index in [4.69, 9.17) is 0 Å². The standard InChI is InChI=1S/C12H16F2N2S/c1-9-2-4-10(5-3-9)17-16-11-6-7-15-8-12(11,13)14/h2-5,11,15-16H,6-8H2,1H3. The molecule has 0 aliphatic carbocycles. The van der Waals surface area contributed by atoms with Gasteiger partial charge in [-0.25, -0.2) is 8.78 Å². The Morgan fingerprint density at radius 3 is 2.71 bits per heavy atom. The van der Waals surface area contributed by atoms with Crippen LogP contribution in [0.3, 0.4) is 0 Å². The Morgan fingerprint density at radius 1 is 1.35 bits per heavy atom. The lowest BCUT2D eigenvalue weighted by atomic mass is 10.0. The van der Waals surface area contributed by atoms with Gasteiger partial charge in [0, 0.05) is 4.90 Å². The van der Waals surface area contributed by atoms with Gasteiger partial charge >= 0.3 is 0 Å². The minimum atomic E-state index is -2.67. The molecule has 1 aromatic carbocycles. The van der Waals surface area contributed by atoms with E-state index in [1.54, 1.807) is 0 Å². The Hall–Kier alpha value is -0.650. The van der Waals surface area contributed by atoms with Gasteiger partial charge in [0.2, 0.25) is 0 Å². The number of rotatable bonds is 3. The zero-order valence-corrected chi connectivity index (χ0v) is 10.5. The SMILES string of the molecule is Cc1ccc(SNC2CCNCC2(F)F)cc1. The summed E-state index contributed by atoms with van der Waals surface area (Å²) in [6.07, 6.45) is 0.450. The average Bonchev–Trinajstić information content (AvgIpc) is 2.29. The highest BCUT2D eigenvalue weighted by Crippen LogP contribution is 2.26. The average molecular weight is 258 g/mol. The fraction of sp³-hybridized carbons (Fsp3) is 0.500. The lowest BCUT2D eigenvalue weighted by molar-refractivity contribution is -0.0433. The number of halogens is 2. The molecule has 0 radical (unpaired) electrons. The van der Waals surface area contributed by atoms with Gasteiger partial charge in [-0.2, -0.15) is 0 Å². The number of hydrogen-bond acceptors (Lipinski definition) is 3. The van der Waals surface area contributed by atoms with Crippen molar-refractivity contribution in [2.75, 3.05) is 13.1 Å². The summed E-state index contributed by atoms with van der Waals surface area (Å²) in [6.45, 7) is 2.41. The molecule has 94 valence electrons. The van der Waals surface area contributed by atoms with Crippen LogP contribution in [0.2, 0.25) is 0 Å². The van der Waals surface area contributed by atoms with Crippen LogP contribution < -0.4 is 10.0 Å². The van der Waals surface area contributed by atoms with E-state index in [0.717, 1.165) is 4.90 Å². The quantitative estimate of drug-likeness (QED) is 0.815. The summed E-state index contributed by atoms with van der Waals surface area (Å²) in [5.41, 5.74) is 1.17. The molecule has 0 amide bonds. The number of piperidine rings is 1. The van der Waals surface area contributed by atoms with Gasteiger partial charge in [0.25, 0.3) is 5.92 Å². The zero-order valence-electron chi connectivity index (χ0n) is 9.67. The maximum absolute atomic E-state index is 13.5. The van der Waals surface area contributed by atoms with Crippen LogP contribution in [0.25, 0.3) is 0 Å². The molecule has 2 N–H and O–H groups in total. The van der Waals surface area contributed by atoms with Crippen LogP contribution in [0.5, 0.6) is 0 Å². The van der Waals surface area contributed by atoms with Gasteiger partial charge in [-0.1, -0.05) is 17.7 Å². The molecular formula is C12H16F2N2S. The van der Waals surface area contributed by atoms with Crippen LogP contribution in [0.15, 0.2) is 29.2 Å². The monoisotopic (exact) mass is 258 g/mol. The zero-order chi connectivity index (χ0) is 12.3. The Labute approximate surface area is 104 Å². The Bertz CT molecular complexity index is 367. The number of benzene rings is 1. The first kappa shape index (κ1) is 12.8. The Balaban J connectivity index is 1.91. The summed E-state index contributed by atoms with van der Waals surface area (Å²) in [5.74, 6) is -2.67. The molecule has 1 unspecified atom stereocenters. The lowest BCUT2D eigenvalue weighted by Gasteiger charge is -2.32. The van der Waals surface area contributed by atoms with Crippen molar-refractivity contribution in [1.82, 2.24) is 10.0 Å². The minimum absolute atomic E-state index is 0.237. The summed E-state index contributed by atoms with van der Waals surface area (Å²) in [4.78, 5) is 0.963. The largest absolute Gasteiger partial charge is 0.311 e. The summed E-state index contributed by atoms with van der Waals surface area (Å²) >= 11 is 1.28. The van der Waals surface area contributed by atoms with Gasteiger partial charge in [-0.05, 0) is 44.0 Å². The molecule has 0 saturated carbocycles. The van der Waals surface area contributed by atoms with Crippen molar-refractivity contribution in [2.45, 2.75) is 30.2 Å². The molecule has 2 rings (SSSR count). The molecule has 1 heterocycles. The highest BCUT2D eigenvalue weighted by atomic mass is 32.2. The third-order valence-electron chi connectivity index (χ3n) is 2.82. The van der Waals surface area contributed by atoms with Crippen LogP contribution in [0.1, 0.15) is 12.0 Å². The third-order valence-corrected chi connectivity index (χ3v) is 3.73. The first-order chi connectivity index (χ1) is 8.08. The van der Waals surface area contributed by atoms with Crippen LogP contribution in [0.4, 0.5) is 8.78 Å². The fourth-order valence-corrected chi connectivity index (χ4v) is 2.57. The first-order valence-electron chi connectivity index (χ1n) is 5.65. The molecule has 1 aliphatic rings. The smallest absolute Gasteiger partial charge is 0.276 e. The molecule has 1 aliphatic heterocycles. The Morgan fingerprint density at radius 2 is 2.06 bits per heavy atom. The molecule has 1 fully saturated rings. The van der Waals surface area contributed by atoms with Gasteiger partial charge < -0.3 is 5.32 Å². The molecule has 0 aromatic heterocycles. The topological polar surface area (TPSA) is 24.1 Å². The minimum Gasteiger partial charge on any atom is -0.311 e. The first-order valence-corrected chi connectivity index (χ1v) is 6.47. The fourth-order valence-electron chi connectivity index (χ4n) is 1.73. The van der Waals surface area contributed by atoms with Crippen molar-refractivity contribution in [3.63, 3.8) is 0 Å². The van der Waals surface area contributed by atoms with E-state index < -0.39 is 12.0 Å². The number of nitrogens with one attached hydrogen (secondary N) is 2. The number of aryl methyl sites for hydroxylation is 1. The van der Waals surface area contributed by atoms with E-state index in [2.05, 4.69) is 10.0 Å². The lowest BCUT2D eigenvalue weighted by Crippen LogP contribution is -2.54. The van der Waals surface area contributed by atoms with E-state index in [9.17, 15) is 8.78 Å². The van der Waals surface area contributed by atoms with Gasteiger partial charge in [-0.15, -0.1) is 0 Å². The summed E-state index contributed by atoms with van der Waals surface area (Å²) < 4.78 is 29.9. The highest BCUT2D eigenvalue weighted by Gasteiger charge is 2.41. The molecule has 1 aromatic rings. The molecule has 1 saturated heterocycles. The van der Waals surface area contributed by atoms with Crippen molar-refractivity contribution in [2.24, 2.45) is 0 Å². The van der Waals surface area contributed by atoms with Gasteiger partial charge in [0.15, 0.2) is 0 Å². The number of alkyl halides is 2. The predicted octanol–water partition coefficient (Wildman–Crippen LogP) is 2.59. The van der Waals surface area contributed by atoms with Gasteiger partial charge in [0.05, 0.1) is 12.6 Å². The molecule has 5 heteroatoms. The van der Waals surface area contributed by atoms with Crippen LogP contribution >= 0.6 is 11.9 Å². The van der Waals surface area contributed by atoms with Crippen LogP contribution in [-0.4, -0.2) is 25.1 Å². The van der Waals surface area contributed by atoms with E-state index in [-0.39, 0.29) is 6.54 Å². The normalized spacial score (nSPS) is 23.6. The maximum Gasteiger partial charge on any atom is 0.276 e. The van der Waals surface area contributed by atoms with E-state index in [1.807, 2.05) is 31.2 Å². The van der Waals surface area contributed by atoms with E-state index >= 15 is 0 Å². The molecule has 17 heavy (non-hydrogen) atoms. The maximum atomic E-state index is 13.5. The summed E-state index contributed by atoms with van der Waals surface area (Å²) in [7, 11) is 0. The molecule has 2 nitrogen and oxygen atoms in total. The predicted molar refractivity (Wildman–Crippen MR) is 66.4 cm³/mol. The van der Waals surface area contributed by atoms with Crippen molar-refractivity contribution in [1.29, 1.82) is 0 Å². The second-order valence-electron chi connectivity index (χ2n) is 4.31. The molecule has 0 spiro atoms. The second-order valence-corrected chi connectivity index (χ2v) is 5.22. The number of hydrogen-bond donors (Lipinski definition) is 2. The summed E-state index contributed by atoms with van der Waals surface area (Å²) in [6, 6.07) is 7.07. The summed E-state index contributed by atoms with van der Waals surface area (Å²) in [5, 5.41) is 2.71. The van der Waals surface area contributed by atoms with E-state index in [0.29, 0.717) is 13.0 Å². The Kier molecular flexibility index (Phi) is 4.01. The van der Waals surface area contributed by atoms with Gasteiger partial charge in [0.1, 0.15) is 0 Å². The van der Waals surface area contributed by atoms with Crippen molar-refractivity contribution in [3.05, 3.63) is 29.8 Å². The van der Waals surface area contributed by atoms with Crippen molar-refractivity contribution < 1.29 is 8.78 Å². The third kappa shape index (κ3) is 3.40. The van der Waals surface area contributed by atoms with Crippen LogP contribution in [0, 0.1) is 6.92 Å².